The fourth-order valence-electron chi connectivity index (χ4n) is 1.73. The molecule has 2 aliphatic heterocycles. The summed E-state index contributed by atoms with van der Waals surface area (Å²) in [6.45, 7) is 1.26. The van der Waals surface area contributed by atoms with E-state index in [2.05, 4.69) is 28.8 Å². The molecule has 0 amide bonds. The van der Waals surface area contributed by atoms with E-state index in [9.17, 15) is 0 Å². The zero-order chi connectivity index (χ0) is 7.52. The van der Waals surface area contributed by atoms with Gasteiger partial charge in [0, 0.05) is 17.5 Å². The van der Waals surface area contributed by atoms with Gasteiger partial charge in [0.15, 0.2) is 0 Å². The van der Waals surface area contributed by atoms with Crippen molar-refractivity contribution in [3.63, 3.8) is 0 Å². The number of hydrogen-bond donors (Lipinski definition) is 1. The largest absolute Gasteiger partial charge is 0.314 e. The van der Waals surface area contributed by atoms with Gasteiger partial charge in [-0.05, 0) is 25.8 Å². The molecule has 2 saturated heterocycles. The minimum absolute atomic E-state index is 0.845. The smallest absolute Gasteiger partial charge is 0.0517 e. The van der Waals surface area contributed by atoms with Crippen LogP contribution in [0.2, 0.25) is 0 Å². The van der Waals surface area contributed by atoms with E-state index in [1.807, 2.05) is 0 Å². The summed E-state index contributed by atoms with van der Waals surface area (Å²) >= 11 is 4.30. The standard InChI is InChI=1S/C8H15NS2/c1-2-7(9-3-1)6-8-10-4-5-11-8/h7-9H,1-6H2. The van der Waals surface area contributed by atoms with E-state index in [0.717, 1.165) is 10.6 Å². The molecule has 2 heterocycles. The fraction of sp³-hybridized carbons (Fsp3) is 1.00. The first-order chi connectivity index (χ1) is 5.45. The molecule has 2 rings (SSSR count). The van der Waals surface area contributed by atoms with Gasteiger partial charge in [-0.1, -0.05) is 0 Å². The second-order valence-electron chi connectivity index (χ2n) is 3.20. The van der Waals surface area contributed by atoms with Gasteiger partial charge in [0.2, 0.25) is 0 Å². The van der Waals surface area contributed by atoms with Gasteiger partial charge >= 0.3 is 0 Å². The Morgan fingerprint density at radius 3 is 2.73 bits per heavy atom. The third-order valence-corrected chi connectivity index (χ3v) is 5.41. The Hall–Kier alpha value is 0.660. The number of nitrogens with one attached hydrogen (secondary N) is 1. The first kappa shape index (κ1) is 8.27. The van der Waals surface area contributed by atoms with Crippen molar-refractivity contribution in [1.82, 2.24) is 5.32 Å². The lowest BCUT2D eigenvalue weighted by atomic mass is 10.2. The Bertz CT molecular complexity index is 103. The quantitative estimate of drug-likeness (QED) is 0.713. The number of hydrogen-bond acceptors (Lipinski definition) is 3. The molecule has 0 radical (unpaired) electrons. The topological polar surface area (TPSA) is 12.0 Å². The van der Waals surface area contributed by atoms with Crippen LogP contribution >= 0.6 is 23.5 Å². The summed E-state index contributed by atoms with van der Waals surface area (Å²) in [7, 11) is 0. The lowest BCUT2D eigenvalue weighted by Crippen LogP contribution is -2.23. The van der Waals surface area contributed by atoms with Crippen LogP contribution in [0.5, 0.6) is 0 Å². The highest BCUT2D eigenvalue weighted by atomic mass is 32.2. The molecule has 2 aliphatic rings. The highest BCUT2D eigenvalue weighted by Crippen LogP contribution is 2.35. The van der Waals surface area contributed by atoms with E-state index in [1.54, 1.807) is 0 Å². The van der Waals surface area contributed by atoms with Crippen molar-refractivity contribution in [2.45, 2.75) is 29.9 Å². The molecule has 0 spiro atoms. The van der Waals surface area contributed by atoms with Crippen molar-refractivity contribution in [2.75, 3.05) is 18.1 Å². The molecule has 0 saturated carbocycles. The third kappa shape index (κ3) is 2.30. The predicted molar refractivity (Wildman–Crippen MR) is 54.3 cm³/mol. The maximum atomic E-state index is 3.56. The molecule has 0 aliphatic carbocycles. The monoisotopic (exact) mass is 189 g/mol. The lowest BCUT2D eigenvalue weighted by Gasteiger charge is -2.13. The van der Waals surface area contributed by atoms with Crippen LogP contribution in [0.15, 0.2) is 0 Å². The van der Waals surface area contributed by atoms with Gasteiger partial charge in [-0.25, -0.2) is 0 Å². The van der Waals surface area contributed by atoms with Crippen molar-refractivity contribution in [2.24, 2.45) is 0 Å². The fourth-order valence-corrected chi connectivity index (χ4v) is 4.73. The maximum Gasteiger partial charge on any atom is 0.0517 e. The molecule has 2 fully saturated rings. The van der Waals surface area contributed by atoms with E-state index < -0.39 is 0 Å². The average molecular weight is 189 g/mol. The van der Waals surface area contributed by atoms with Gasteiger partial charge < -0.3 is 5.32 Å². The van der Waals surface area contributed by atoms with Gasteiger partial charge in [0.1, 0.15) is 0 Å². The molecule has 1 atom stereocenters. The van der Waals surface area contributed by atoms with Crippen LogP contribution < -0.4 is 5.32 Å². The Kier molecular flexibility index (Phi) is 3.05. The summed E-state index contributed by atoms with van der Waals surface area (Å²) in [6.07, 6.45) is 4.21. The Morgan fingerprint density at radius 2 is 2.09 bits per heavy atom. The van der Waals surface area contributed by atoms with E-state index in [-0.39, 0.29) is 0 Å². The SMILES string of the molecule is C1CNC(CC2SCCS2)C1. The second kappa shape index (κ2) is 4.06. The van der Waals surface area contributed by atoms with Crippen molar-refractivity contribution < 1.29 is 0 Å². The molecular formula is C8H15NS2. The summed E-state index contributed by atoms with van der Waals surface area (Å²) in [6, 6.07) is 0.845. The average Bonchev–Trinajstić information content (AvgIpc) is 2.60. The summed E-state index contributed by atoms with van der Waals surface area (Å²) < 4.78 is 0.908. The summed E-state index contributed by atoms with van der Waals surface area (Å²) in [4.78, 5) is 0. The zero-order valence-corrected chi connectivity index (χ0v) is 8.35. The van der Waals surface area contributed by atoms with Crippen LogP contribution in [-0.4, -0.2) is 28.7 Å². The van der Waals surface area contributed by atoms with Gasteiger partial charge in [-0.3, -0.25) is 0 Å². The van der Waals surface area contributed by atoms with E-state index >= 15 is 0 Å². The normalized spacial score (nSPS) is 33.3. The first-order valence-electron chi connectivity index (χ1n) is 4.42. The molecule has 0 bridgehead atoms. The molecule has 0 aromatic heterocycles. The second-order valence-corrected chi connectivity index (χ2v) is 6.12. The summed E-state index contributed by atoms with van der Waals surface area (Å²) in [5.74, 6) is 2.75. The molecule has 1 unspecified atom stereocenters. The number of thioether (sulfide) groups is 2. The van der Waals surface area contributed by atoms with E-state index in [0.29, 0.717) is 0 Å². The molecule has 64 valence electrons. The first-order valence-corrected chi connectivity index (χ1v) is 6.51. The third-order valence-electron chi connectivity index (χ3n) is 2.33. The van der Waals surface area contributed by atoms with Crippen LogP contribution in [0.1, 0.15) is 19.3 Å². The van der Waals surface area contributed by atoms with Crippen LogP contribution in [-0.2, 0) is 0 Å². The van der Waals surface area contributed by atoms with Gasteiger partial charge in [-0.2, -0.15) is 0 Å². The van der Waals surface area contributed by atoms with E-state index in [4.69, 9.17) is 0 Å². The highest BCUT2D eigenvalue weighted by molar-refractivity contribution is 8.20. The van der Waals surface area contributed by atoms with Crippen LogP contribution in [0, 0.1) is 0 Å². The van der Waals surface area contributed by atoms with Crippen LogP contribution in [0.3, 0.4) is 0 Å². The van der Waals surface area contributed by atoms with Crippen LogP contribution in [0.25, 0.3) is 0 Å². The van der Waals surface area contributed by atoms with Crippen LogP contribution in [0.4, 0.5) is 0 Å². The lowest BCUT2D eigenvalue weighted by molar-refractivity contribution is 0.584. The van der Waals surface area contributed by atoms with Gasteiger partial charge in [0.25, 0.3) is 0 Å². The molecule has 1 nitrogen and oxygen atoms in total. The van der Waals surface area contributed by atoms with E-state index in [1.165, 1.54) is 37.3 Å². The molecule has 0 aromatic rings. The van der Waals surface area contributed by atoms with Crippen molar-refractivity contribution >= 4 is 23.5 Å². The summed E-state index contributed by atoms with van der Waals surface area (Å²) in [5.41, 5.74) is 0. The molecule has 11 heavy (non-hydrogen) atoms. The Morgan fingerprint density at radius 1 is 1.27 bits per heavy atom. The van der Waals surface area contributed by atoms with Crippen molar-refractivity contribution in [3.05, 3.63) is 0 Å². The minimum atomic E-state index is 0.845. The van der Waals surface area contributed by atoms with Gasteiger partial charge in [0.05, 0.1) is 4.58 Å². The van der Waals surface area contributed by atoms with Crippen molar-refractivity contribution in [3.8, 4) is 0 Å². The Labute approximate surface area is 77.1 Å². The predicted octanol–water partition coefficient (Wildman–Crippen LogP) is 1.93. The molecule has 1 N–H and O–H groups in total. The van der Waals surface area contributed by atoms with Crippen molar-refractivity contribution in [1.29, 1.82) is 0 Å². The molecule has 3 heteroatoms. The Balaban J connectivity index is 1.71. The van der Waals surface area contributed by atoms with Gasteiger partial charge in [-0.15, -0.1) is 23.5 Å². The molecule has 0 aromatic carbocycles. The highest BCUT2D eigenvalue weighted by Gasteiger charge is 2.22. The number of rotatable bonds is 2. The summed E-state index contributed by atoms with van der Waals surface area (Å²) in [5, 5.41) is 3.56. The maximum absolute atomic E-state index is 3.56. The minimum Gasteiger partial charge on any atom is -0.314 e. The molecular weight excluding hydrogens is 174 g/mol. The zero-order valence-electron chi connectivity index (χ0n) is 6.71.